The molecule has 20 heavy (non-hydrogen) atoms. The fourth-order valence-electron chi connectivity index (χ4n) is 1.54. The zero-order valence-corrected chi connectivity index (χ0v) is 17.4. The van der Waals surface area contributed by atoms with E-state index in [-0.39, 0.29) is 17.0 Å². The normalized spacial score (nSPS) is 14.3. The summed E-state index contributed by atoms with van der Waals surface area (Å²) in [6.45, 7) is 13.9. The van der Waals surface area contributed by atoms with E-state index in [9.17, 15) is 4.57 Å². The molecule has 0 aliphatic rings. The molecule has 0 saturated carbocycles. The van der Waals surface area contributed by atoms with Crippen LogP contribution in [0.2, 0.25) is 0 Å². The fraction of sp³-hybridized carbons (Fsp3) is 1.00. The van der Waals surface area contributed by atoms with E-state index in [2.05, 4.69) is 20.8 Å². The van der Waals surface area contributed by atoms with Gasteiger partial charge in [0, 0.05) is 4.75 Å². The summed E-state index contributed by atoms with van der Waals surface area (Å²) in [5, 5.41) is 0. The third-order valence-electron chi connectivity index (χ3n) is 1.99. The molecule has 0 aliphatic carbocycles. The molecule has 0 amide bonds. The van der Waals surface area contributed by atoms with Gasteiger partial charge in [0.15, 0.2) is 0 Å². The number of hydrogen-bond acceptors (Lipinski definition) is 6. The molecule has 3 nitrogen and oxygen atoms in total. The number of hydrogen-bond donors (Lipinski definition) is 0. The molecule has 0 spiro atoms. The van der Waals surface area contributed by atoms with Crippen LogP contribution in [-0.2, 0) is 13.6 Å². The molecule has 0 fully saturated rings. The molecule has 0 aromatic carbocycles. The van der Waals surface area contributed by atoms with Crippen molar-refractivity contribution in [2.24, 2.45) is 0 Å². The van der Waals surface area contributed by atoms with Crippen LogP contribution in [-0.4, -0.2) is 32.6 Å². The first-order valence-corrected chi connectivity index (χ1v) is 11.5. The lowest BCUT2D eigenvalue weighted by Crippen LogP contribution is -2.28. The summed E-state index contributed by atoms with van der Waals surface area (Å²) in [4.78, 5) is 0. The van der Waals surface area contributed by atoms with Gasteiger partial charge < -0.3 is 9.05 Å². The highest BCUT2D eigenvalue weighted by molar-refractivity contribution is 8.40. The van der Waals surface area contributed by atoms with Crippen LogP contribution in [0.4, 0.5) is 0 Å². The third-order valence-corrected chi connectivity index (χ3v) is 11.8. The minimum absolute atomic E-state index is 0.0393. The summed E-state index contributed by atoms with van der Waals surface area (Å²) in [6, 6.07) is 0. The zero-order valence-electron chi connectivity index (χ0n) is 14.1. The Morgan fingerprint density at radius 3 is 1.45 bits per heavy atom. The maximum Gasteiger partial charge on any atom is 0.367 e. The fourth-order valence-corrected chi connectivity index (χ4v) is 10.4. The van der Waals surface area contributed by atoms with E-state index >= 15 is 0 Å². The van der Waals surface area contributed by atoms with Crippen LogP contribution < -0.4 is 0 Å². The van der Waals surface area contributed by atoms with Crippen molar-refractivity contribution in [3.63, 3.8) is 0 Å². The summed E-state index contributed by atoms with van der Waals surface area (Å²) < 4.78 is 24.4. The molecule has 0 saturated heterocycles. The highest BCUT2D eigenvalue weighted by atomic mass is 32.3. The van der Waals surface area contributed by atoms with Gasteiger partial charge in [0.2, 0.25) is 3.15 Å². The van der Waals surface area contributed by atoms with Crippen molar-refractivity contribution in [2.45, 2.75) is 68.6 Å². The van der Waals surface area contributed by atoms with Crippen LogP contribution in [0.1, 0.15) is 48.5 Å². The SMILES string of the molecule is CSC(SC)(SC(C)(C)C)P(=O)(OC(C)C)OC(C)C. The topological polar surface area (TPSA) is 35.5 Å². The predicted molar refractivity (Wildman–Crippen MR) is 97.2 cm³/mol. The van der Waals surface area contributed by atoms with Gasteiger partial charge in [0.1, 0.15) is 0 Å². The van der Waals surface area contributed by atoms with Crippen molar-refractivity contribution in [1.29, 1.82) is 0 Å². The summed E-state index contributed by atoms with van der Waals surface area (Å²) in [6.07, 6.45) is 3.66. The average Bonchev–Trinajstić information content (AvgIpc) is 2.21. The van der Waals surface area contributed by atoms with Crippen LogP contribution in [0.5, 0.6) is 0 Å². The zero-order chi connectivity index (χ0) is 16.2. The Morgan fingerprint density at radius 2 is 1.25 bits per heavy atom. The van der Waals surface area contributed by atoms with E-state index in [4.69, 9.17) is 9.05 Å². The molecule has 0 heterocycles. The van der Waals surface area contributed by atoms with Crippen molar-refractivity contribution in [1.82, 2.24) is 0 Å². The second-order valence-corrected chi connectivity index (χ2v) is 13.8. The van der Waals surface area contributed by atoms with Crippen LogP contribution in [0.15, 0.2) is 0 Å². The monoisotopic (exact) mass is 360 g/mol. The second-order valence-electron chi connectivity index (χ2n) is 5.95. The summed E-state index contributed by atoms with van der Waals surface area (Å²) in [5.41, 5.74) is 0. The summed E-state index contributed by atoms with van der Waals surface area (Å²) in [5.74, 6) is 0. The molecule has 0 aromatic heterocycles. The highest BCUT2D eigenvalue weighted by Crippen LogP contribution is 2.75. The van der Waals surface area contributed by atoms with Crippen molar-refractivity contribution in [3.05, 3.63) is 0 Å². The van der Waals surface area contributed by atoms with E-state index in [0.717, 1.165) is 0 Å². The Labute approximate surface area is 137 Å². The van der Waals surface area contributed by atoms with Gasteiger partial charge in [0.25, 0.3) is 0 Å². The first kappa shape index (κ1) is 21.2. The maximum atomic E-state index is 13.5. The Balaban J connectivity index is 5.69. The van der Waals surface area contributed by atoms with Gasteiger partial charge in [-0.15, -0.1) is 35.3 Å². The lowest BCUT2D eigenvalue weighted by Gasteiger charge is -2.40. The minimum Gasteiger partial charge on any atom is -0.304 e. The van der Waals surface area contributed by atoms with Crippen LogP contribution in [0.25, 0.3) is 0 Å². The third kappa shape index (κ3) is 6.13. The standard InChI is InChI=1S/C13H29O3PS3/c1-10(2)15-17(14,16-11(3)4)13(18-8,19-9)20-12(5,6)7/h10-11H,1-9H3. The van der Waals surface area contributed by atoms with Crippen LogP contribution in [0, 0.1) is 0 Å². The predicted octanol–water partition coefficient (Wildman–Crippen LogP) is 5.90. The Hall–Kier alpha value is 1.20. The van der Waals surface area contributed by atoms with Gasteiger partial charge in [-0.2, -0.15) is 0 Å². The molecule has 0 aliphatic heterocycles. The van der Waals surface area contributed by atoms with Crippen molar-refractivity contribution in [3.8, 4) is 0 Å². The molecule has 0 atom stereocenters. The lowest BCUT2D eigenvalue weighted by atomic mass is 10.3. The molecule has 0 radical (unpaired) electrons. The van der Waals surface area contributed by atoms with Crippen molar-refractivity contribution < 1.29 is 13.6 Å². The number of thioether (sulfide) groups is 3. The molecule has 0 unspecified atom stereocenters. The van der Waals surface area contributed by atoms with Gasteiger partial charge in [-0.3, -0.25) is 4.57 Å². The average molecular weight is 361 g/mol. The van der Waals surface area contributed by atoms with Gasteiger partial charge in [-0.25, -0.2) is 0 Å². The molecule has 7 heteroatoms. The molecule has 0 bridgehead atoms. The molecular formula is C13H29O3PS3. The van der Waals surface area contributed by atoms with Crippen molar-refractivity contribution in [2.75, 3.05) is 12.5 Å². The van der Waals surface area contributed by atoms with Crippen LogP contribution in [0.3, 0.4) is 0 Å². The van der Waals surface area contributed by atoms with E-state index in [0.29, 0.717) is 0 Å². The van der Waals surface area contributed by atoms with E-state index in [1.807, 2.05) is 40.2 Å². The smallest absolute Gasteiger partial charge is 0.304 e. The first-order valence-electron chi connectivity index (χ1n) is 6.69. The Morgan fingerprint density at radius 1 is 0.900 bits per heavy atom. The summed E-state index contributed by atoms with van der Waals surface area (Å²) in [7, 11) is -3.28. The second kappa shape index (κ2) is 8.16. The number of rotatable bonds is 8. The molecule has 0 N–H and O–H groups in total. The van der Waals surface area contributed by atoms with E-state index in [1.54, 1.807) is 35.3 Å². The van der Waals surface area contributed by atoms with Gasteiger partial charge in [-0.05, 0) is 40.2 Å². The van der Waals surface area contributed by atoms with E-state index in [1.165, 1.54) is 0 Å². The van der Waals surface area contributed by atoms with Crippen molar-refractivity contribution >= 4 is 42.9 Å². The Bertz CT molecular complexity index is 322. The molecular weight excluding hydrogens is 331 g/mol. The van der Waals surface area contributed by atoms with E-state index < -0.39 is 10.7 Å². The minimum atomic E-state index is -3.28. The maximum absolute atomic E-state index is 13.5. The van der Waals surface area contributed by atoms with Gasteiger partial charge in [-0.1, -0.05) is 20.8 Å². The summed E-state index contributed by atoms with van der Waals surface area (Å²) >= 11 is 4.75. The largest absolute Gasteiger partial charge is 0.367 e. The lowest BCUT2D eigenvalue weighted by molar-refractivity contribution is 0.143. The molecule has 0 rings (SSSR count). The van der Waals surface area contributed by atoms with Gasteiger partial charge in [0.05, 0.1) is 12.2 Å². The van der Waals surface area contributed by atoms with Crippen LogP contribution >= 0.6 is 42.9 Å². The quantitative estimate of drug-likeness (QED) is 0.396. The Kier molecular flexibility index (Phi) is 8.65. The molecule has 122 valence electrons. The highest BCUT2D eigenvalue weighted by Gasteiger charge is 2.54. The molecule has 0 aromatic rings. The first-order chi connectivity index (χ1) is 8.91. The van der Waals surface area contributed by atoms with Gasteiger partial charge >= 0.3 is 7.60 Å².